The quantitative estimate of drug-likeness (QED) is 0.711. The Labute approximate surface area is 115 Å². The molecule has 0 unspecified atom stereocenters. The standard InChI is InChI=1S/C15H11N3S/c1-18-14(9-16)17-10-15(18)19-13-7-6-11-4-2-3-5-12(11)8-13/h2-8,10H,1H3. The summed E-state index contributed by atoms with van der Waals surface area (Å²) in [4.78, 5) is 5.22. The highest BCUT2D eigenvalue weighted by atomic mass is 32.2. The highest BCUT2D eigenvalue weighted by Gasteiger charge is 2.07. The number of benzene rings is 2. The third-order valence-corrected chi connectivity index (χ3v) is 4.07. The Hall–Kier alpha value is -2.25. The second kappa shape index (κ2) is 4.79. The SMILES string of the molecule is Cn1c(Sc2ccc3ccccc3c2)cnc1C#N. The zero-order valence-corrected chi connectivity index (χ0v) is 11.2. The summed E-state index contributed by atoms with van der Waals surface area (Å²) in [7, 11) is 1.86. The van der Waals surface area contributed by atoms with Gasteiger partial charge < -0.3 is 4.57 Å². The van der Waals surface area contributed by atoms with E-state index in [0.29, 0.717) is 5.82 Å². The summed E-state index contributed by atoms with van der Waals surface area (Å²) in [6.45, 7) is 0. The molecule has 0 saturated carbocycles. The molecule has 3 nitrogen and oxygen atoms in total. The molecule has 19 heavy (non-hydrogen) atoms. The monoisotopic (exact) mass is 265 g/mol. The normalized spacial score (nSPS) is 10.5. The van der Waals surface area contributed by atoms with Crippen LogP contribution in [-0.2, 0) is 7.05 Å². The summed E-state index contributed by atoms with van der Waals surface area (Å²) in [5.74, 6) is 0.434. The molecule has 1 aromatic heterocycles. The predicted octanol–water partition coefficient (Wildman–Crippen LogP) is 3.60. The molecule has 3 aromatic rings. The van der Waals surface area contributed by atoms with E-state index in [2.05, 4.69) is 41.4 Å². The van der Waals surface area contributed by atoms with Crippen molar-refractivity contribution >= 4 is 22.5 Å². The molecule has 0 radical (unpaired) electrons. The van der Waals surface area contributed by atoms with Gasteiger partial charge in [0.25, 0.3) is 0 Å². The minimum Gasteiger partial charge on any atom is -0.314 e. The molecule has 0 atom stereocenters. The van der Waals surface area contributed by atoms with Gasteiger partial charge >= 0.3 is 0 Å². The largest absolute Gasteiger partial charge is 0.314 e. The molecule has 4 heteroatoms. The maximum Gasteiger partial charge on any atom is 0.213 e. The van der Waals surface area contributed by atoms with Crippen molar-refractivity contribution in [3.8, 4) is 6.07 Å². The van der Waals surface area contributed by atoms with Gasteiger partial charge in [0.05, 0.1) is 6.20 Å². The molecule has 0 saturated heterocycles. The van der Waals surface area contributed by atoms with E-state index >= 15 is 0 Å². The van der Waals surface area contributed by atoms with E-state index in [0.717, 1.165) is 9.92 Å². The fourth-order valence-corrected chi connectivity index (χ4v) is 2.84. The summed E-state index contributed by atoms with van der Waals surface area (Å²) in [6, 6.07) is 16.7. The van der Waals surface area contributed by atoms with Crippen LogP contribution in [0.25, 0.3) is 10.8 Å². The molecule has 0 aliphatic heterocycles. The van der Waals surface area contributed by atoms with Crippen molar-refractivity contribution in [1.82, 2.24) is 9.55 Å². The number of aromatic nitrogens is 2. The first kappa shape index (κ1) is 11.8. The summed E-state index contributed by atoms with van der Waals surface area (Å²) in [5.41, 5.74) is 0. The first-order valence-corrected chi connectivity index (χ1v) is 6.68. The molecule has 1 heterocycles. The fraction of sp³-hybridized carbons (Fsp3) is 0.0667. The predicted molar refractivity (Wildman–Crippen MR) is 76.0 cm³/mol. The van der Waals surface area contributed by atoms with E-state index in [1.807, 2.05) is 19.2 Å². The van der Waals surface area contributed by atoms with Crippen LogP contribution in [0.15, 0.2) is 58.6 Å². The number of nitrogens with zero attached hydrogens (tertiary/aromatic N) is 3. The third-order valence-electron chi connectivity index (χ3n) is 2.99. The van der Waals surface area contributed by atoms with E-state index in [1.165, 1.54) is 10.8 Å². The summed E-state index contributed by atoms with van der Waals surface area (Å²) in [6.07, 6.45) is 1.73. The Bertz CT molecular complexity index is 783. The molecule has 92 valence electrons. The molecule has 3 rings (SSSR count). The number of rotatable bonds is 2. The van der Waals surface area contributed by atoms with Gasteiger partial charge in [-0.05, 0) is 22.9 Å². The van der Waals surface area contributed by atoms with Gasteiger partial charge in [0.1, 0.15) is 11.1 Å². The van der Waals surface area contributed by atoms with Gasteiger partial charge in [-0.25, -0.2) is 4.98 Å². The molecule has 0 aliphatic rings. The van der Waals surface area contributed by atoms with Crippen molar-refractivity contribution < 1.29 is 0 Å². The highest BCUT2D eigenvalue weighted by molar-refractivity contribution is 7.99. The van der Waals surface area contributed by atoms with Crippen molar-refractivity contribution in [2.24, 2.45) is 7.05 Å². The van der Waals surface area contributed by atoms with Gasteiger partial charge in [-0.15, -0.1) is 0 Å². The smallest absolute Gasteiger partial charge is 0.213 e. The minimum absolute atomic E-state index is 0.434. The molecule has 0 bridgehead atoms. The van der Waals surface area contributed by atoms with Gasteiger partial charge in [-0.3, -0.25) is 0 Å². The molecule has 0 fully saturated rings. The van der Waals surface area contributed by atoms with Crippen molar-refractivity contribution in [3.63, 3.8) is 0 Å². The maximum atomic E-state index is 8.90. The van der Waals surface area contributed by atoms with Crippen LogP contribution in [0.5, 0.6) is 0 Å². The Balaban J connectivity index is 1.97. The third kappa shape index (κ3) is 2.20. The second-order valence-corrected chi connectivity index (χ2v) is 5.30. The Morgan fingerprint density at radius 1 is 1.16 bits per heavy atom. The second-order valence-electron chi connectivity index (χ2n) is 4.20. The van der Waals surface area contributed by atoms with Crippen molar-refractivity contribution in [2.75, 3.05) is 0 Å². The average molecular weight is 265 g/mol. The topological polar surface area (TPSA) is 41.6 Å². The number of imidazole rings is 1. The van der Waals surface area contributed by atoms with Gasteiger partial charge in [0, 0.05) is 11.9 Å². The zero-order valence-electron chi connectivity index (χ0n) is 10.4. The Kier molecular flexibility index (Phi) is 2.98. The lowest BCUT2D eigenvalue weighted by molar-refractivity contribution is 0.807. The van der Waals surface area contributed by atoms with Crippen molar-refractivity contribution in [1.29, 1.82) is 5.26 Å². The van der Waals surface area contributed by atoms with Gasteiger partial charge in [-0.1, -0.05) is 42.1 Å². The molecule has 0 aliphatic carbocycles. The number of hydrogen-bond acceptors (Lipinski definition) is 3. The van der Waals surface area contributed by atoms with E-state index in [4.69, 9.17) is 5.26 Å². The zero-order chi connectivity index (χ0) is 13.2. The van der Waals surface area contributed by atoms with Crippen LogP contribution >= 0.6 is 11.8 Å². The lowest BCUT2D eigenvalue weighted by Gasteiger charge is -2.04. The number of nitriles is 1. The first-order chi connectivity index (χ1) is 9.28. The van der Waals surface area contributed by atoms with Crippen LogP contribution in [0.4, 0.5) is 0 Å². The lowest BCUT2D eigenvalue weighted by atomic mass is 10.1. The molecule has 0 amide bonds. The van der Waals surface area contributed by atoms with Crippen LogP contribution < -0.4 is 0 Å². The van der Waals surface area contributed by atoms with Gasteiger partial charge in [-0.2, -0.15) is 5.26 Å². The first-order valence-electron chi connectivity index (χ1n) is 5.86. The van der Waals surface area contributed by atoms with Crippen molar-refractivity contribution in [2.45, 2.75) is 9.92 Å². The van der Waals surface area contributed by atoms with Crippen molar-refractivity contribution in [3.05, 3.63) is 54.5 Å². The number of fused-ring (bicyclic) bond motifs is 1. The van der Waals surface area contributed by atoms with Crippen LogP contribution in [0, 0.1) is 11.3 Å². The van der Waals surface area contributed by atoms with E-state index < -0.39 is 0 Å². The molecule has 0 N–H and O–H groups in total. The van der Waals surface area contributed by atoms with E-state index in [-0.39, 0.29) is 0 Å². The summed E-state index contributed by atoms with van der Waals surface area (Å²) < 4.78 is 1.81. The minimum atomic E-state index is 0.434. The van der Waals surface area contributed by atoms with Crippen LogP contribution in [-0.4, -0.2) is 9.55 Å². The van der Waals surface area contributed by atoms with Crippen LogP contribution in [0.3, 0.4) is 0 Å². The van der Waals surface area contributed by atoms with Crippen LogP contribution in [0.2, 0.25) is 0 Å². The lowest BCUT2D eigenvalue weighted by Crippen LogP contribution is -1.93. The Morgan fingerprint density at radius 2 is 1.95 bits per heavy atom. The molecule has 0 spiro atoms. The highest BCUT2D eigenvalue weighted by Crippen LogP contribution is 2.30. The van der Waals surface area contributed by atoms with E-state index in [1.54, 1.807) is 22.5 Å². The molecular formula is C15H11N3S. The van der Waals surface area contributed by atoms with E-state index in [9.17, 15) is 0 Å². The Morgan fingerprint density at radius 3 is 2.68 bits per heavy atom. The average Bonchev–Trinajstić information content (AvgIpc) is 2.79. The maximum absolute atomic E-state index is 8.90. The van der Waals surface area contributed by atoms with Crippen LogP contribution in [0.1, 0.15) is 5.82 Å². The number of hydrogen-bond donors (Lipinski definition) is 0. The van der Waals surface area contributed by atoms with Gasteiger partial charge in [0.2, 0.25) is 5.82 Å². The molecular weight excluding hydrogens is 254 g/mol. The summed E-state index contributed by atoms with van der Waals surface area (Å²) in [5, 5.41) is 12.3. The molecule has 2 aromatic carbocycles. The fourth-order valence-electron chi connectivity index (χ4n) is 1.94. The summed E-state index contributed by atoms with van der Waals surface area (Å²) >= 11 is 1.61. The van der Waals surface area contributed by atoms with Gasteiger partial charge in [0.15, 0.2) is 0 Å².